The lowest BCUT2D eigenvalue weighted by molar-refractivity contribution is 0.0734. The molecule has 0 amide bonds. The van der Waals surface area contributed by atoms with E-state index in [-0.39, 0.29) is 10.9 Å². The maximum Gasteiger partial charge on any atom is 0.347 e. The van der Waals surface area contributed by atoms with Crippen LogP contribution in [0.3, 0.4) is 0 Å². The Hall–Kier alpha value is -2.76. The Kier molecular flexibility index (Phi) is 4.25. The molecule has 0 radical (unpaired) electrons. The van der Waals surface area contributed by atoms with Gasteiger partial charge >= 0.3 is 5.97 Å². The highest BCUT2D eigenvalue weighted by Gasteiger charge is 2.25. The van der Waals surface area contributed by atoms with Gasteiger partial charge in [0.15, 0.2) is 0 Å². The van der Waals surface area contributed by atoms with Crippen molar-refractivity contribution in [3.05, 3.63) is 52.2 Å². The third-order valence-corrected chi connectivity index (χ3v) is 5.48. The molecule has 1 aliphatic rings. The van der Waals surface area contributed by atoms with Crippen molar-refractivity contribution in [1.29, 1.82) is 0 Å². The molecule has 3 aromatic rings. The molecule has 0 atom stereocenters. The Labute approximate surface area is 163 Å². The summed E-state index contributed by atoms with van der Waals surface area (Å²) in [7, 11) is 0. The fourth-order valence-corrected chi connectivity index (χ4v) is 3.65. The highest BCUT2D eigenvalue weighted by atomic mass is 19.1. The fourth-order valence-electron chi connectivity index (χ4n) is 3.65. The van der Waals surface area contributed by atoms with Crippen molar-refractivity contribution in [3.8, 4) is 5.75 Å². The summed E-state index contributed by atoms with van der Waals surface area (Å²) in [6.45, 7) is 10.5. The van der Waals surface area contributed by atoms with Gasteiger partial charge in [-0.2, -0.15) is 5.10 Å². The molecule has 1 aromatic carbocycles. The van der Waals surface area contributed by atoms with Crippen molar-refractivity contribution < 1.29 is 13.9 Å². The van der Waals surface area contributed by atoms with Crippen LogP contribution in [0.25, 0.3) is 10.9 Å². The highest BCUT2D eigenvalue weighted by Crippen LogP contribution is 2.36. The van der Waals surface area contributed by atoms with Crippen LogP contribution < -0.4 is 4.74 Å². The molecule has 0 unspecified atom stereocenters. The molecule has 3 heterocycles. The SMILES string of the molecule is Cc1nc2c(F)cc(C(C)(C)C)cc2c(OC(=O)c2cnn3c2CCC3)c1C. The average Bonchev–Trinajstić information content (AvgIpc) is 3.22. The third kappa shape index (κ3) is 2.97. The van der Waals surface area contributed by atoms with Crippen molar-refractivity contribution in [2.75, 3.05) is 0 Å². The van der Waals surface area contributed by atoms with E-state index >= 15 is 0 Å². The van der Waals surface area contributed by atoms with Gasteiger partial charge in [-0.05, 0) is 49.8 Å². The van der Waals surface area contributed by atoms with Crippen molar-refractivity contribution >= 4 is 16.9 Å². The summed E-state index contributed by atoms with van der Waals surface area (Å²) in [6, 6.07) is 3.39. The van der Waals surface area contributed by atoms with E-state index in [0.717, 1.165) is 36.2 Å². The summed E-state index contributed by atoms with van der Waals surface area (Å²) in [5.41, 5.74) is 3.55. The molecule has 0 N–H and O–H groups in total. The quantitative estimate of drug-likeness (QED) is 0.606. The van der Waals surface area contributed by atoms with Gasteiger partial charge in [-0.1, -0.05) is 20.8 Å². The van der Waals surface area contributed by atoms with E-state index in [1.807, 2.05) is 38.4 Å². The minimum absolute atomic E-state index is 0.221. The zero-order valence-corrected chi connectivity index (χ0v) is 16.9. The van der Waals surface area contributed by atoms with E-state index in [1.165, 1.54) is 6.07 Å². The van der Waals surface area contributed by atoms with E-state index in [4.69, 9.17) is 4.74 Å². The number of hydrogen-bond acceptors (Lipinski definition) is 4. The maximum atomic E-state index is 14.8. The number of ether oxygens (including phenoxy) is 1. The molecule has 0 fully saturated rings. The Balaban J connectivity index is 1.86. The summed E-state index contributed by atoms with van der Waals surface area (Å²) < 4.78 is 22.5. The van der Waals surface area contributed by atoms with Gasteiger partial charge in [0.05, 0.1) is 11.9 Å². The largest absolute Gasteiger partial charge is 0.422 e. The number of esters is 1. The minimum Gasteiger partial charge on any atom is -0.422 e. The van der Waals surface area contributed by atoms with E-state index < -0.39 is 11.8 Å². The number of pyridine rings is 1. The first-order valence-electron chi connectivity index (χ1n) is 9.54. The van der Waals surface area contributed by atoms with E-state index in [1.54, 1.807) is 13.1 Å². The van der Waals surface area contributed by atoms with Crippen LogP contribution in [0, 0.1) is 19.7 Å². The molecule has 5 nitrogen and oxygen atoms in total. The van der Waals surface area contributed by atoms with Gasteiger partial charge < -0.3 is 4.74 Å². The van der Waals surface area contributed by atoms with Gasteiger partial charge in [0.25, 0.3) is 0 Å². The highest BCUT2D eigenvalue weighted by molar-refractivity contribution is 5.96. The number of halogens is 1. The maximum absolute atomic E-state index is 14.8. The first-order valence-corrected chi connectivity index (χ1v) is 9.54. The summed E-state index contributed by atoms with van der Waals surface area (Å²) >= 11 is 0. The summed E-state index contributed by atoms with van der Waals surface area (Å²) in [4.78, 5) is 17.3. The van der Waals surface area contributed by atoms with Gasteiger partial charge in [0, 0.05) is 23.2 Å². The van der Waals surface area contributed by atoms with Crippen molar-refractivity contribution in [2.45, 2.75) is 59.4 Å². The Morgan fingerprint density at radius 1 is 1.25 bits per heavy atom. The van der Waals surface area contributed by atoms with Gasteiger partial charge in [0.2, 0.25) is 0 Å². The standard InChI is InChI=1S/C22H24FN3O2/c1-12-13(2)25-19-15(9-14(10-17(19)23)22(3,4)5)20(12)28-21(27)16-11-24-26-8-6-7-18(16)26/h9-11H,6-8H2,1-5H3. The molecule has 6 heteroatoms. The number of nitrogens with zero attached hydrogens (tertiary/aromatic N) is 3. The van der Waals surface area contributed by atoms with Crippen LogP contribution in [-0.4, -0.2) is 20.7 Å². The second-order valence-corrected chi connectivity index (χ2v) is 8.48. The molecule has 0 saturated carbocycles. The van der Waals surface area contributed by atoms with Crippen LogP contribution in [0.2, 0.25) is 0 Å². The Morgan fingerprint density at radius 3 is 2.71 bits per heavy atom. The fraction of sp³-hybridized carbons (Fsp3) is 0.409. The molecule has 0 saturated heterocycles. The lowest BCUT2D eigenvalue weighted by atomic mass is 9.86. The second kappa shape index (κ2) is 6.40. The normalized spacial score (nSPS) is 13.8. The number of carbonyl (C=O) groups excluding carboxylic acids is 1. The summed E-state index contributed by atoms with van der Waals surface area (Å²) in [5, 5.41) is 4.78. The zero-order chi connectivity index (χ0) is 20.2. The molecule has 0 spiro atoms. The Bertz CT molecular complexity index is 1110. The van der Waals surface area contributed by atoms with Crippen LogP contribution in [-0.2, 0) is 18.4 Å². The number of hydrogen-bond donors (Lipinski definition) is 0. The monoisotopic (exact) mass is 381 g/mol. The van der Waals surface area contributed by atoms with Gasteiger partial charge in [0.1, 0.15) is 22.6 Å². The minimum atomic E-state index is -0.459. The van der Waals surface area contributed by atoms with Crippen molar-refractivity contribution in [2.24, 2.45) is 0 Å². The van der Waals surface area contributed by atoms with E-state index in [9.17, 15) is 9.18 Å². The lowest BCUT2D eigenvalue weighted by Crippen LogP contribution is -2.14. The average molecular weight is 381 g/mol. The molecule has 4 rings (SSSR count). The molecular weight excluding hydrogens is 357 g/mol. The van der Waals surface area contributed by atoms with Gasteiger partial charge in [-0.25, -0.2) is 14.2 Å². The predicted molar refractivity (Wildman–Crippen MR) is 105 cm³/mol. The van der Waals surface area contributed by atoms with Crippen molar-refractivity contribution in [3.63, 3.8) is 0 Å². The molecule has 28 heavy (non-hydrogen) atoms. The second-order valence-electron chi connectivity index (χ2n) is 8.48. The van der Waals surface area contributed by atoms with Gasteiger partial charge in [-0.3, -0.25) is 4.68 Å². The molecule has 146 valence electrons. The van der Waals surface area contributed by atoms with E-state index in [0.29, 0.717) is 22.4 Å². The first kappa shape index (κ1) is 18.6. The number of aryl methyl sites for hydroxylation is 2. The lowest BCUT2D eigenvalue weighted by Gasteiger charge is -2.21. The smallest absolute Gasteiger partial charge is 0.347 e. The first-order chi connectivity index (χ1) is 13.2. The van der Waals surface area contributed by atoms with Crippen LogP contribution in [0.15, 0.2) is 18.3 Å². The Morgan fingerprint density at radius 2 is 2.00 bits per heavy atom. The van der Waals surface area contributed by atoms with Crippen LogP contribution in [0.4, 0.5) is 4.39 Å². The topological polar surface area (TPSA) is 57.0 Å². The predicted octanol–water partition coefficient (Wildman–Crippen LogP) is 4.65. The summed E-state index contributed by atoms with van der Waals surface area (Å²) in [6.07, 6.45) is 3.34. The summed E-state index contributed by atoms with van der Waals surface area (Å²) in [5.74, 6) is -0.496. The number of benzene rings is 1. The number of carbonyl (C=O) groups is 1. The zero-order valence-electron chi connectivity index (χ0n) is 16.9. The number of aromatic nitrogens is 3. The molecule has 0 aliphatic carbocycles. The van der Waals surface area contributed by atoms with Gasteiger partial charge in [-0.15, -0.1) is 0 Å². The molecular formula is C22H24FN3O2. The van der Waals surface area contributed by atoms with Crippen LogP contribution in [0.1, 0.15) is 60.1 Å². The number of rotatable bonds is 2. The molecule has 2 aromatic heterocycles. The van der Waals surface area contributed by atoms with Crippen molar-refractivity contribution in [1.82, 2.24) is 14.8 Å². The number of fused-ring (bicyclic) bond motifs is 2. The van der Waals surface area contributed by atoms with E-state index in [2.05, 4.69) is 10.1 Å². The van der Waals surface area contributed by atoms with Crippen LogP contribution >= 0.6 is 0 Å². The molecule has 0 bridgehead atoms. The molecule has 1 aliphatic heterocycles. The third-order valence-electron chi connectivity index (χ3n) is 5.48. The van der Waals surface area contributed by atoms with Crippen LogP contribution in [0.5, 0.6) is 5.75 Å².